The highest BCUT2D eigenvalue weighted by molar-refractivity contribution is 7.98. The number of aromatic nitrogens is 1. The minimum Gasteiger partial charge on any atom is -0.481 e. The molecule has 0 radical (unpaired) electrons. The molecule has 1 rings (SSSR count). The lowest BCUT2D eigenvalue weighted by molar-refractivity contribution is 0.394. The summed E-state index contributed by atoms with van der Waals surface area (Å²) in [6, 6.07) is 4.27. The van der Waals surface area contributed by atoms with Crippen LogP contribution in [0.2, 0.25) is 0 Å². The molecule has 2 N–H and O–H groups in total. The zero-order chi connectivity index (χ0) is 11.1. The van der Waals surface area contributed by atoms with Crippen LogP contribution < -0.4 is 10.5 Å². The Balaban J connectivity index is 2.36. The van der Waals surface area contributed by atoms with E-state index < -0.39 is 0 Å². The number of rotatable bonds is 6. The zero-order valence-corrected chi connectivity index (χ0v) is 10.1. The van der Waals surface area contributed by atoms with Gasteiger partial charge in [-0.1, -0.05) is 6.07 Å². The van der Waals surface area contributed by atoms with Gasteiger partial charge in [0.15, 0.2) is 0 Å². The Morgan fingerprint density at radius 2 is 2.40 bits per heavy atom. The van der Waals surface area contributed by atoms with Gasteiger partial charge in [0.2, 0.25) is 5.88 Å². The van der Waals surface area contributed by atoms with Gasteiger partial charge in [-0.3, -0.25) is 0 Å². The number of ether oxygens (including phenoxy) is 1. The summed E-state index contributed by atoms with van der Waals surface area (Å²) < 4.78 is 5.17. The molecule has 4 heteroatoms. The monoisotopic (exact) mass is 226 g/mol. The molecule has 0 bridgehead atoms. The number of pyridine rings is 1. The number of thioether (sulfide) groups is 1. The third-order valence-corrected chi connectivity index (χ3v) is 3.06. The van der Waals surface area contributed by atoms with E-state index in [4.69, 9.17) is 10.5 Å². The molecule has 0 fully saturated rings. The first-order valence-corrected chi connectivity index (χ1v) is 6.20. The van der Waals surface area contributed by atoms with Crippen LogP contribution in [-0.2, 0) is 5.75 Å². The molecule has 1 heterocycles. The summed E-state index contributed by atoms with van der Waals surface area (Å²) in [5.41, 5.74) is 6.83. The van der Waals surface area contributed by atoms with Crippen LogP contribution in [0, 0.1) is 0 Å². The standard InChI is InChI=1S/C11H18N2OS/c1-9(12)5-7-15-8-10-4-3-6-13-11(10)14-2/h3-4,6,9H,5,7-8,12H2,1-2H3. The van der Waals surface area contributed by atoms with Crippen LogP contribution in [0.5, 0.6) is 5.88 Å². The average molecular weight is 226 g/mol. The number of nitrogens with zero attached hydrogens (tertiary/aromatic N) is 1. The summed E-state index contributed by atoms with van der Waals surface area (Å²) in [7, 11) is 1.65. The van der Waals surface area contributed by atoms with Crippen molar-refractivity contribution in [2.45, 2.75) is 25.1 Å². The number of methoxy groups -OCH3 is 1. The molecule has 1 aromatic heterocycles. The zero-order valence-electron chi connectivity index (χ0n) is 9.27. The maximum absolute atomic E-state index is 5.68. The predicted octanol–water partition coefficient (Wildman–Crippen LogP) is 2.06. The van der Waals surface area contributed by atoms with Crippen molar-refractivity contribution in [1.29, 1.82) is 0 Å². The molecular formula is C11H18N2OS. The Labute approximate surface area is 95.4 Å². The van der Waals surface area contributed by atoms with Gasteiger partial charge in [-0.15, -0.1) is 0 Å². The summed E-state index contributed by atoms with van der Waals surface area (Å²) in [5.74, 6) is 2.74. The molecule has 15 heavy (non-hydrogen) atoms. The van der Waals surface area contributed by atoms with Crippen LogP contribution in [0.1, 0.15) is 18.9 Å². The maximum Gasteiger partial charge on any atom is 0.217 e. The smallest absolute Gasteiger partial charge is 0.217 e. The molecule has 0 aromatic carbocycles. The van der Waals surface area contributed by atoms with Crippen molar-refractivity contribution in [2.75, 3.05) is 12.9 Å². The van der Waals surface area contributed by atoms with Crippen molar-refractivity contribution in [2.24, 2.45) is 5.73 Å². The second-order valence-corrected chi connectivity index (χ2v) is 4.60. The van der Waals surface area contributed by atoms with Crippen molar-refractivity contribution in [1.82, 2.24) is 4.98 Å². The van der Waals surface area contributed by atoms with Gasteiger partial charge in [-0.2, -0.15) is 11.8 Å². The Kier molecular flexibility index (Phi) is 5.50. The van der Waals surface area contributed by atoms with Gasteiger partial charge in [0.05, 0.1) is 7.11 Å². The van der Waals surface area contributed by atoms with Gasteiger partial charge in [-0.25, -0.2) is 4.98 Å². The Hall–Kier alpha value is -0.740. The molecule has 84 valence electrons. The van der Waals surface area contributed by atoms with E-state index in [1.54, 1.807) is 13.3 Å². The van der Waals surface area contributed by atoms with E-state index in [1.165, 1.54) is 0 Å². The van der Waals surface area contributed by atoms with E-state index in [2.05, 4.69) is 4.98 Å². The maximum atomic E-state index is 5.68. The van der Waals surface area contributed by atoms with Crippen molar-refractivity contribution < 1.29 is 4.74 Å². The molecule has 0 aliphatic carbocycles. The Morgan fingerprint density at radius 3 is 3.07 bits per heavy atom. The lowest BCUT2D eigenvalue weighted by atomic mass is 10.3. The van der Waals surface area contributed by atoms with E-state index in [1.807, 2.05) is 30.8 Å². The van der Waals surface area contributed by atoms with E-state index in [0.717, 1.165) is 29.4 Å². The fourth-order valence-electron chi connectivity index (χ4n) is 1.17. The molecule has 0 aliphatic rings. The highest BCUT2D eigenvalue weighted by Crippen LogP contribution is 2.20. The molecule has 1 atom stereocenters. The van der Waals surface area contributed by atoms with Gasteiger partial charge in [-0.05, 0) is 25.2 Å². The fourth-order valence-corrected chi connectivity index (χ4v) is 2.29. The highest BCUT2D eigenvalue weighted by atomic mass is 32.2. The van der Waals surface area contributed by atoms with Crippen LogP contribution in [0.25, 0.3) is 0 Å². The SMILES string of the molecule is COc1ncccc1CSCCC(C)N. The van der Waals surface area contributed by atoms with E-state index in [0.29, 0.717) is 0 Å². The Bertz CT molecular complexity index is 292. The minimum absolute atomic E-state index is 0.285. The van der Waals surface area contributed by atoms with Crippen LogP contribution in [0.3, 0.4) is 0 Å². The summed E-state index contributed by atoms with van der Waals surface area (Å²) >= 11 is 1.86. The first-order valence-electron chi connectivity index (χ1n) is 5.05. The van der Waals surface area contributed by atoms with Crippen LogP contribution in [-0.4, -0.2) is 23.9 Å². The molecule has 0 saturated heterocycles. The van der Waals surface area contributed by atoms with Gasteiger partial charge in [0.25, 0.3) is 0 Å². The van der Waals surface area contributed by atoms with Gasteiger partial charge >= 0.3 is 0 Å². The molecule has 0 spiro atoms. The molecule has 1 unspecified atom stereocenters. The van der Waals surface area contributed by atoms with Crippen LogP contribution in [0.15, 0.2) is 18.3 Å². The van der Waals surface area contributed by atoms with Crippen LogP contribution >= 0.6 is 11.8 Å². The molecule has 0 amide bonds. The van der Waals surface area contributed by atoms with E-state index in [-0.39, 0.29) is 6.04 Å². The second kappa shape index (κ2) is 6.69. The fraction of sp³-hybridized carbons (Fsp3) is 0.545. The number of hydrogen-bond acceptors (Lipinski definition) is 4. The second-order valence-electron chi connectivity index (χ2n) is 3.49. The Morgan fingerprint density at radius 1 is 1.60 bits per heavy atom. The van der Waals surface area contributed by atoms with Crippen molar-refractivity contribution in [3.8, 4) is 5.88 Å². The quantitative estimate of drug-likeness (QED) is 0.754. The molecule has 3 nitrogen and oxygen atoms in total. The van der Waals surface area contributed by atoms with Crippen molar-refractivity contribution >= 4 is 11.8 Å². The molecular weight excluding hydrogens is 208 g/mol. The van der Waals surface area contributed by atoms with E-state index >= 15 is 0 Å². The molecule has 0 aliphatic heterocycles. The third kappa shape index (κ3) is 4.53. The first kappa shape index (κ1) is 12.3. The van der Waals surface area contributed by atoms with Gasteiger partial charge < -0.3 is 10.5 Å². The molecule has 0 saturated carbocycles. The summed E-state index contributed by atoms with van der Waals surface area (Å²) in [6.45, 7) is 2.03. The third-order valence-electron chi connectivity index (χ3n) is 2.02. The summed E-state index contributed by atoms with van der Waals surface area (Å²) in [6.07, 6.45) is 2.79. The lowest BCUT2D eigenvalue weighted by Gasteiger charge is -2.07. The predicted molar refractivity (Wildman–Crippen MR) is 65.2 cm³/mol. The lowest BCUT2D eigenvalue weighted by Crippen LogP contribution is -2.15. The highest BCUT2D eigenvalue weighted by Gasteiger charge is 2.03. The summed E-state index contributed by atoms with van der Waals surface area (Å²) in [4.78, 5) is 4.15. The topological polar surface area (TPSA) is 48.1 Å². The minimum atomic E-state index is 0.285. The number of nitrogens with two attached hydrogens (primary N) is 1. The van der Waals surface area contributed by atoms with Crippen molar-refractivity contribution in [3.63, 3.8) is 0 Å². The van der Waals surface area contributed by atoms with Crippen LogP contribution in [0.4, 0.5) is 0 Å². The summed E-state index contributed by atoms with van der Waals surface area (Å²) in [5, 5.41) is 0. The van der Waals surface area contributed by atoms with E-state index in [9.17, 15) is 0 Å². The average Bonchev–Trinajstić information content (AvgIpc) is 2.24. The van der Waals surface area contributed by atoms with Gasteiger partial charge in [0.1, 0.15) is 0 Å². The largest absolute Gasteiger partial charge is 0.481 e. The normalized spacial score (nSPS) is 12.5. The van der Waals surface area contributed by atoms with Gasteiger partial charge in [0, 0.05) is 23.6 Å². The first-order chi connectivity index (χ1) is 7.24. The molecule has 1 aromatic rings. The van der Waals surface area contributed by atoms with Crippen molar-refractivity contribution in [3.05, 3.63) is 23.9 Å². The number of hydrogen-bond donors (Lipinski definition) is 1.